The summed E-state index contributed by atoms with van der Waals surface area (Å²) in [5.74, 6) is 0. The van der Waals surface area contributed by atoms with E-state index in [1.165, 1.54) is 27.8 Å². The van der Waals surface area contributed by atoms with Crippen molar-refractivity contribution in [3.63, 3.8) is 0 Å². The first-order valence-electron chi connectivity index (χ1n) is 4.78. The molecule has 1 aliphatic heterocycles. The summed E-state index contributed by atoms with van der Waals surface area (Å²) in [4.78, 5) is 0. The fourth-order valence-electron chi connectivity index (χ4n) is 1.41. The lowest BCUT2D eigenvalue weighted by atomic mass is 10.2. The van der Waals surface area contributed by atoms with Crippen LogP contribution in [0.25, 0.3) is 0 Å². The first kappa shape index (κ1) is 13.3. The monoisotopic (exact) mass is 268 g/mol. The van der Waals surface area contributed by atoms with E-state index in [4.69, 9.17) is 0 Å². The second-order valence-corrected chi connectivity index (χ2v) is 6.65. The summed E-state index contributed by atoms with van der Waals surface area (Å²) in [6.07, 6.45) is 6.68. The van der Waals surface area contributed by atoms with Crippen LogP contribution in [0.1, 0.15) is 19.3 Å². The summed E-state index contributed by atoms with van der Waals surface area (Å²) >= 11 is 2.74. The molecule has 0 aromatic heterocycles. The van der Waals surface area contributed by atoms with E-state index in [2.05, 4.69) is 4.40 Å². The molecule has 7 heteroatoms. The highest BCUT2D eigenvalue weighted by atomic mass is 32.2. The van der Waals surface area contributed by atoms with Gasteiger partial charge in [0.1, 0.15) is 4.38 Å². The van der Waals surface area contributed by atoms with Crippen molar-refractivity contribution in [3.05, 3.63) is 0 Å². The molecule has 88 valence electrons. The zero-order chi connectivity index (χ0) is 11.3. The van der Waals surface area contributed by atoms with E-state index in [1.807, 2.05) is 12.5 Å². The van der Waals surface area contributed by atoms with Crippen LogP contribution in [0.3, 0.4) is 0 Å². The predicted molar refractivity (Wildman–Crippen MR) is 68.8 cm³/mol. The molecule has 1 rings (SSSR count). The average molecular weight is 268 g/mol. The first-order valence-corrected chi connectivity index (χ1v) is 8.63. The summed E-state index contributed by atoms with van der Waals surface area (Å²) in [7, 11) is -3.43. The number of thioether (sulfide) groups is 2. The molecule has 0 N–H and O–H groups in total. The minimum atomic E-state index is -3.43. The Morgan fingerprint density at radius 2 is 1.67 bits per heavy atom. The quantitative estimate of drug-likeness (QED) is 0.566. The molecule has 0 bridgehead atoms. The molecule has 0 spiro atoms. The third-order valence-electron chi connectivity index (χ3n) is 2.18. The maximum absolute atomic E-state index is 11.8. The van der Waals surface area contributed by atoms with Gasteiger partial charge in [-0.2, -0.15) is 12.7 Å². The standard InChI is InChI=1S/C8H16N2O2S3/c1-13-8(14-2)9-15(11,12)10-6-4-3-5-7-10/h3-7H2,1-2H3. The molecule has 0 radical (unpaired) electrons. The van der Waals surface area contributed by atoms with Crippen LogP contribution in [-0.2, 0) is 10.2 Å². The zero-order valence-corrected chi connectivity index (χ0v) is 11.4. The minimum absolute atomic E-state index is 0.598. The van der Waals surface area contributed by atoms with Crippen molar-refractivity contribution in [1.82, 2.24) is 4.31 Å². The topological polar surface area (TPSA) is 49.7 Å². The molecule has 0 aromatic rings. The Balaban J connectivity index is 2.77. The molecular formula is C8H16N2O2S3. The Morgan fingerprint density at radius 3 is 2.13 bits per heavy atom. The van der Waals surface area contributed by atoms with Crippen LogP contribution in [0.2, 0.25) is 0 Å². The molecule has 0 atom stereocenters. The van der Waals surface area contributed by atoms with Crippen LogP contribution in [0, 0.1) is 0 Å². The van der Waals surface area contributed by atoms with Crippen molar-refractivity contribution in [2.75, 3.05) is 25.6 Å². The molecule has 0 aliphatic carbocycles. The molecule has 1 fully saturated rings. The summed E-state index contributed by atoms with van der Waals surface area (Å²) in [5.41, 5.74) is 0. The molecule has 15 heavy (non-hydrogen) atoms. The Hall–Kier alpha value is 0.280. The predicted octanol–water partition coefficient (Wildman–Crippen LogP) is 1.80. The molecule has 0 amide bonds. The molecule has 0 unspecified atom stereocenters. The van der Waals surface area contributed by atoms with Crippen molar-refractivity contribution in [1.29, 1.82) is 0 Å². The smallest absolute Gasteiger partial charge is 0.187 e. The third-order valence-corrected chi connectivity index (χ3v) is 5.72. The van der Waals surface area contributed by atoms with Gasteiger partial charge in [0.25, 0.3) is 0 Å². The van der Waals surface area contributed by atoms with Gasteiger partial charge in [0.05, 0.1) is 0 Å². The average Bonchev–Trinajstić information content (AvgIpc) is 2.27. The molecule has 1 aliphatic rings. The van der Waals surface area contributed by atoms with Gasteiger partial charge in [0.2, 0.25) is 0 Å². The maximum atomic E-state index is 11.8. The van der Waals surface area contributed by atoms with Crippen molar-refractivity contribution in [2.24, 2.45) is 4.40 Å². The Labute approximate surface area is 100 Å². The van der Waals surface area contributed by atoms with E-state index in [0.29, 0.717) is 17.5 Å². The van der Waals surface area contributed by atoms with E-state index in [9.17, 15) is 8.42 Å². The van der Waals surface area contributed by atoms with Crippen LogP contribution in [0.4, 0.5) is 0 Å². The van der Waals surface area contributed by atoms with Gasteiger partial charge in [0.15, 0.2) is 0 Å². The second-order valence-electron chi connectivity index (χ2n) is 3.20. The van der Waals surface area contributed by atoms with Crippen LogP contribution < -0.4 is 0 Å². The minimum Gasteiger partial charge on any atom is -0.187 e. The van der Waals surface area contributed by atoms with Crippen LogP contribution in [-0.4, -0.2) is 42.7 Å². The van der Waals surface area contributed by atoms with Gasteiger partial charge in [-0.05, 0) is 25.4 Å². The van der Waals surface area contributed by atoms with E-state index < -0.39 is 10.2 Å². The van der Waals surface area contributed by atoms with Gasteiger partial charge in [-0.3, -0.25) is 0 Å². The highest BCUT2D eigenvalue weighted by Gasteiger charge is 2.23. The largest absolute Gasteiger partial charge is 0.323 e. The SMILES string of the molecule is CSC(=NS(=O)(=O)N1CCCCC1)SC. The van der Waals surface area contributed by atoms with Crippen LogP contribution in [0.15, 0.2) is 4.40 Å². The van der Waals surface area contributed by atoms with Gasteiger partial charge < -0.3 is 0 Å². The van der Waals surface area contributed by atoms with Crippen molar-refractivity contribution < 1.29 is 8.42 Å². The molecule has 1 heterocycles. The highest BCUT2D eigenvalue weighted by molar-refractivity contribution is 8.38. The number of piperidine rings is 1. The van der Waals surface area contributed by atoms with E-state index in [1.54, 1.807) is 0 Å². The van der Waals surface area contributed by atoms with Gasteiger partial charge in [-0.1, -0.05) is 6.42 Å². The fraction of sp³-hybridized carbons (Fsp3) is 0.875. The van der Waals surface area contributed by atoms with Crippen molar-refractivity contribution in [3.8, 4) is 0 Å². The fourth-order valence-corrected chi connectivity index (χ4v) is 4.26. The summed E-state index contributed by atoms with van der Waals surface area (Å²) in [6.45, 7) is 1.23. The Morgan fingerprint density at radius 1 is 1.13 bits per heavy atom. The van der Waals surface area contributed by atoms with Gasteiger partial charge in [-0.15, -0.1) is 27.9 Å². The van der Waals surface area contributed by atoms with Crippen molar-refractivity contribution >= 4 is 38.1 Å². The summed E-state index contributed by atoms with van der Waals surface area (Å²) < 4.78 is 29.5. The Bertz CT molecular complexity index is 315. The van der Waals surface area contributed by atoms with Gasteiger partial charge in [0, 0.05) is 13.1 Å². The zero-order valence-electron chi connectivity index (χ0n) is 8.97. The maximum Gasteiger partial charge on any atom is 0.323 e. The van der Waals surface area contributed by atoms with Crippen molar-refractivity contribution in [2.45, 2.75) is 19.3 Å². The number of nitrogens with zero attached hydrogens (tertiary/aromatic N) is 2. The summed E-state index contributed by atoms with van der Waals surface area (Å²) in [5, 5.41) is 0. The van der Waals surface area contributed by atoms with Crippen LogP contribution >= 0.6 is 23.5 Å². The van der Waals surface area contributed by atoms with Crippen LogP contribution in [0.5, 0.6) is 0 Å². The normalized spacial score (nSPS) is 18.8. The van der Waals surface area contributed by atoms with Gasteiger partial charge >= 0.3 is 10.2 Å². The lowest BCUT2D eigenvalue weighted by Gasteiger charge is -2.23. The van der Waals surface area contributed by atoms with E-state index in [0.717, 1.165) is 19.3 Å². The van der Waals surface area contributed by atoms with Gasteiger partial charge in [-0.25, -0.2) is 0 Å². The second kappa shape index (κ2) is 6.12. The molecule has 0 aromatic carbocycles. The first-order chi connectivity index (χ1) is 7.10. The number of rotatable bonds is 2. The third kappa shape index (κ3) is 3.97. The Kier molecular flexibility index (Phi) is 5.45. The number of hydrogen-bond donors (Lipinski definition) is 0. The lowest BCUT2D eigenvalue weighted by molar-refractivity contribution is 0.347. The molecule has 1 saturated heterocycles. The lowest BCUT2D eigenvalue weighted by Crippen LogP contribution is -2.34. The highest BCUT2D eigenvalue weighted by Crippen LogP contribution is 2.18. The molecular weight excluding hydrogens is 252 g/mol. The number of hydrogen-bond acceptors (Lipinski definition) is 4. The van der Waals surface area contributed by atoms with E-state index >= 15 is 0 Å². The van der Waals surface area contributed by atoms with E-state index in [-0.39, 0.29) is 0 Å². The molecule has 4 nitrogen and oxygen atoms in total. The molecule has 0 saturated carbocycles. The summed E-state index contributed by atoms with van der Waals surface area (Å²) in [6, 6.07) is 0.